The average molecular weight is 1100 g/mol. The van der Waals surface area contributed by atoms with E-state index in [9.17, 15) is 14.4 Å². The molecule has 0 aromatic rings. The highest BCUT2D eigenvalue weighted by Gasteiger charge is 2.19. The maximum absolute atomic E-state index is 12.9. The molecule has 0 heterocycles. The molecular weight excluding hydrogens is 973 g/mol. The third-order valence-corrected chi connectivity index (χ3v) is 14.9. The van der Waals surface area contributed by atoms with Crippen LogP contribution >= 0.6 is 0 Å². The Kier molecular flexibility index (Phi) is 64.2. The van der Waals surface area contributed by atoms with E-state index < -0.39 is 6.10 Å². The van der Waals surface area contributed by atoms with Gasteiger partial charge in [-0.2, -0.15) is 0 Å². The molecule has 0 rings (SSSR count). The van der Waals surface area contributed by atoms with Crippen LogP contribution in [0.4, 0.5) is 0 Å². The fourth-order valence-corrected chi connectivity index (χ4v) is 9.76. The number of hydrogen-bond donors (Lipinski definition) is 0. The summed E-state index contributed by atoms with van der Waals surface area (Å²) in [5.41, 5.74) is 0. The molecule has 0 amide bonds. The van der Waals surface area contributed by atoms with Gasteiger partial charge in [0.2, 0.25) is 0 Å². The third-order valence-electron chi connectivity index (χ3n) is 14.9. The second-order valence-corrected chi connectivity index (χ2v) is 22.7. The second-order valence-electron chi connectivity index (χ2n) is 22.7. The zero-order chi connectivity index (χ0) is 57.1. The van der Waals surface area contributed by atoms with Gasteiger partial charge >= 0.3 is 17.9 Å². The quantitative estimate of drug-likeness (QED) is 0.0261. The lowest BCUT2D eigenvalue weighted by Crippen LogP contribution is -2.30. The fourth-order valence-electron chi connectivity index (χ4n) is 9.76. The summed E-state index contributed by atoms with van der Waals surface area (Å²) < 4.78 is 16.9. The molecule has 79 heavy (non-hydrogen) atoms. The van der Waals surface area contributed by atoms with E-state index in [-0.39, 0.29) is 31.1 Å². The predicted molar refractivity (Wildman–Crippen MR) is 344 cm³/mol. The molecule has 0 N–H and O–H groups in total. The number of allylic oxidation sites excluding steroid dienone is 14. The number of unbranched alkanes of at least 4 members (excludes halogenated alkanes) is 37. The molecule has 0 fully saturated rings. The Hall–Kier alpha value is -3.41. The lowest BCUT2D eigenvalue weighted by molar-refractivity contribution is -0.167. The number of rotatable bonds is 62. The predicted octanol–water partition coefficient (Wildman–Crippen LogP) is 23.4. The lowest BCUT2D eigenvalue weighted by atomic mass is 10.0. The van der Waals surface area contributed by atoms with E-state index in [1.807, 2.05) is 0 Å². The van der Waals surface area contributed by atoms with Gasteiger partial charge in [0, 0.05) is 19.3 Å². The molecule has 0 spiro atoms. The van der Waals surface area contributed by atoms with Gasteiger partial charge in [-0.3, -0.25) is 14.4 Å². The van der Waals surface area contributed by atoms with E-state index in [1.54, 1.807) is 0 Å². The van der Waals surface area contributed by atoms with Gasteiger partial charge in [0.1, 0.15) is 13.2 Å². The van der Waals surface area contributed by atoms with Gasteiger partial charge < -0.3 is 14.2 Å². The number of esters is 3. The average Bonchev–Trinajstić information content (AvgIpc) is 3.45. The largest absolute Gasteiger partial charge is 0.462 e. The van der Waals surface area contributed by atoms with Crippen molar-refractivity contribution in [1.29, 1.82) is 0 Å². The van der Waals surface area contributed by atoms with Crippen molar-refractivity contribution in [1.82, 2.24) is 0 Å². The van der Waals surface area contributed by atoms with Crippen LogP contribution in [0.5, 0.6) is 0 Å². The molecule has 456 valence electrons. The van der Waals surface area contributed by atoms with Gasteiger partial charge in [0.25, 0.3) is 0 Å². The standard InChI is InChI=1S/C73H128O6/c1-4-7-10-13-16-19-22-25-27-29-30-31-32-33-34-35-36-37-38-39-40-41-42-44-45-48-51-54-57-60-63-66-72(75)78-69-70(68-77-71(74)65-62-59-56-53-50-47-24-21-18-15-12-9-6-3)79-73(76)67-64-61-58-55-52-49-46-43-28-26-23-20-17-14-11-8-5-2/h7,10,16-17,19-21,24-28,30-31,70H,4-6,8-9,11-15,18,22-23,29,32-69H2,1-3H3/b10-7-,19-16-,20-17-,24-21-,27-25-,28-26-,31-30-. The first kappa shape index (κ1) is 75.6. The first-order valence-electron chi connectivity index (χ1n) is 34.1. The zero-order valence-corrected chi connectivity index (χ0v) is 52.4. The van der Waals surface area contributed by atoms with E-state index in [4.69, 9.17) is 14.2 Å². The maximum atomic E-state index is 12.9. The molecule has 0 aliphatic carbocycles. The summed E-state index contributed by atoms with van der Waals surface area (Å²) in [7, 11) is 0. The van der Waals surface area contributed by atoms with Gasteiger partial charge in [-0.05, 0) is 116 Å². The molecule has 0 radical (unpaired) electrons. The van der Waals surface area contributed by atoms with E-state index in [1.165, 1.54) is 199 Å². The molecule has 0 saturated heterocycles. The Bertz CT molecular complexity index is 1500. The van der Waals surface area contributed by atoms with Crippen molar-refractivity contribution in [3.8, 4) is 0 Å². The molecular formula is C73H128O6. The van der Waals surface area contributed by atoms with Crippen molar-refractivity contribution in [2.24, 2.45) is 0 Å². The van der Waals surface area contributed by atoms with Crippen LogP contribution in [0.25, 0.3) is 0 Å². The Morgan fingerprint density at radius 3 is 0.810 bits per heavy atom. The highest BCUT2D eigenvalue weighted by molar-refractivity contribution is 5.71. The first-order chi connectivity index (χ1) is 39.0. The smallest absolute Gasteiger partial charge is 0.306 e. The number of carbonyl (C=O) groups is 3. The molecule has 1 atom stereocenters. The molecule has 1 unspecified atom stereocenters. The molecule has 0 aliphatic heterocycles. The summed E-state index contributed by atoms with van der Waals surface area (Å²) in [6.07, 6.45) is 88.9. The van der Waals surface area contributed by atoms with E-state index in [0.29, 0.717) is 19.3 Å². The van der Waals surface area contributed by atoms with E-state index in [2.05, 4.69) is 106 Å². The van der Waals surface area contributed by atoms with Gasteiger partial charge in [-0.25, -0.2) is 0 Å². The van der Waals surface area contributed by atoms with E-state index in [0.717, 1.165) is 103 Å². The van der Waals surface area contributed by atoms with Gasteiger partial charge in [0.15, 0.2) is 6.10 Å². The van der Waals surface area contributed by atoms with Gasteiger partial charge in [0.05, 0.1) is 0 Å². The molecule has 0 bridgehead atoms. The summed E-state index contributed by atoms with van der Waals surface area (Å²) >= 11 is 0. The minimum absolute atomic E-state index is 0.0788. The minimum atomic E-state index is -0.783. The summed E-state index contributed by atoms with van der Waals surface area (Å²) in [4.78, 5) is 38.3. The monoisotopic (exact) mass is 1100 g/mol. The minimum Gasteiger partial charge on any atom is -0.462 e. The molecule has 0 saturated carbocycles. The highest BCUT2D eigenvalue weighted by atomic mass is 16.6. The van der Waals surface area contributed by atoms with Crippen molar-refractivity contribution in [3.63, 3.8) is 0 Å². The SMILES string of the molecule is CC/C=C\C/C=C\C/C=C\C/C=C\CCCCCCCCCCCCCCCCCCCCC(=O)OCC(COC(=O)CCCCCCC/C=C\CCCCCC)OC(=O)CCCCCCCCC/C=C\C/C=C\CCCCC. The normalized spacial score (nSPS) is 12.6. The topological polar surface area (TPSA) is 78.9 Å². The summed E-state index contributed by atoms with van der Waals surface area (Å²) in [6, 6.07) is 0. The van der Waals surface area contributed by atoms with Crippen LogP contribution in [0.1, 0.15) is 342 Å². The number of hydrogen-bond acceptors (Lipinski definition) is 6. The first-order valence-corrected chi connectivity index (χ1v) is 34.1. The van der Waals surface area contributed by atoms with Gasteiger partial charge in [-0.1, -0.05) is 292 Å². The highest BCUT2D eigenvalue weighted by Crippen LogP contribution is 2.17. The Morgan fingerprint density at radius 2 is 0.494 bits per heavy atom. The van der Waals surface area contributed by atoms with Crippen molar-refractivity contribution in [2.75, 3.05) is 13.2 Å². The number of ether oxygens (including phenoxy) is 3. The van der Waals surface area contributed by atoms with Crippen molar-refractivity contribution in [2.45, 2.75) is 348 Å². The van der Waals surface area contributed by atoms with Crippen LogP contribution in [-0.4, -0.2) is 37.2 Å². The molecule has 0 aromatic heterocycles. The third kappa shape index (κ3) is 65.3. The van der Waals surface area contributed by atoms with Crippen LogP contribution in [-0.2, 0) is 28.6 Å². The molecule has 0 aromatic carbocycles. The Morgan fingerprint density at radius 1 is 0.266 bits per heavy atom. The van der Waals surface area contributed by atoms with E-state index >= 15 is 0 Å². The lowest BCUT2D eigenvalue weighted by Gasteiger charge is -2.18. The summed E-state index contributed by atoms with van der Waals surface area (Å²) in [6.45, 7) is 6.51. The number of carbonyl (C=O) groups excluding carboxylic acids is 3. The fraction of sp³-hybridized carbons (Fsp3) is 0.767. The summed E-state index contributed by atoms with van der Waals surface area (Å²) in [5.74, 6) is -0.880. The zero-order valence-electron chi connectivity index (χ0n) is 52.4. The van der Waals surface area contributed by atoms with Crippen molar-refractivity contribution in [3.05, 3.63) is 85.1 Å². The molecule has 6 nitrogen and oxygen atoms in total. The van der Waals surface area contributed by atoms with Crippen LogP contribution in [0.15, 0.2) is 85.1 Å². The summed E-state index contributed by atoms with van der Waals surface area (Å²) in [5, 5.41) is 0. The van der Waals surface area contributed by atoms with Gasteiger partial charge in [-0.15, -0.1) is 0 Å². The van der Waals surface area contributed by atoms with Crippen LogP contribution < -0.4 is 0 Å². The maximum Gasteiger partial charge on any atom is 0.306 e. The van der Waals surface area contributed by atoms with Crippen LogP contribution in [0, 0.1) is 0 Å². The Balaban J connectivity index is 4.19. The van der Waals surface area contributed by atoms with Crippen molar-refractivity contribution >= 4 is 17.9 Å². The second kappa shape index (κ2) is 67.1. The molecule has 0 aliphatic rings. The Labute approximate surface area is 490 Å². The van der Waals surface area contributed by atoms with Crippen LogP contribution in [0.2, 0.25) is 0 Å². The van der Waals surface area contributed by atoms with Crippen LogP contribution in [0.3, 0.4) is 0 Å². The van der Waals surface area contributed by atoms with Crippen molar-refractivity contribution < 1.29 is 28.6 Å². The molecule has 6 heteroatoms.